The summed E-state index contributed by atoms with van der Waals surface area (Å²) in [4.78, 5) is 48.8. The number of thioether (sulfide) groups is 2. The molecule has 13 nitrogen and oxygen atoms in total. The van der Waals surface area contributed by atoms with Crippen molar-refractivity contribution in [3.05, 3.63) is 38.8 Å². The van der Waals surface area contributed by atoms with E-state index in [2.05, 4.69) is 20.6 Å². The number of rotatable bonds is 9. The molecule has 4 rings (SSSR count). The Balaban J connectivity index is 1.39. The SMILES string of the molecule is Cc1nnc(SCC2=C(C(=O)O)N3C(=O)[C@@H](NC(=O)[C@@H](C)Cn4cc([N+](=O)[O-])cn4)[C@@H]3SC2)s1. The molecule has 0 bridgehead atoms. The minimum Gasteiger partial charge on any atom is -0.477 e. The van der Waals surface area contributed by atoms with Gasteiger partial charge >= 0.3 is 11.7 Å². The number of nitrogens with zero attached hydrogens (tertiary/aromatic N) is 6. The average Bonchev–Trinajstić information content (AvgIpc) is 3.43. The van der Waals surface area contributed by atoms with Crippen LogP contribution in [0.3, 0.4) is 0 Å². The summed E-state index contributed by atoms with van der Waals surface area (Å²) in [5, 5.41) is 35.4. The first kappa shape index (κ1) is 24.2. The minimum absolute atomic E-state index is 0.0510. The molecule has 2 aliphatic rings. The highest BCUT2D eigenvalue weighted by atomic mass is 32.2. The maximum Gasteiger partial charge on any atom is 0.352 e. The van der Waals surface area contributed by atoms with Gasteiger partial charge in [0.15, 0.2) is 4.34 Å². The summed E-state index contributed by atoms with van der Waals surface area (Å²) in [5.74, 6) is -1.96. The Labute approximate surface area is 205 Å². The van der Waals surface area contributed by atoms with E-state index < -0.39 is 40.0 Å². The molecule has 2 aromatic rings. The third kappa shape index (κ3) is 4.78. The van der Waals surface area contributed by atoms with E-state index in [-0.39, 0.29) is 17.9 Å². The van der Waals surface area contributed by atoms with Gasteiger partial charge in [0, 0.05) is 11.5 Å². The first-order valence-corrected chi connectivity index (χ1v) is 12.8. The zero-order valence-corrected chi connectivity index (χ0v) is 20.4. The number of aryl methyl sites for hydroxylation is 1. The number of aromatic nitrogens is 4. The number of carbonyl (C=O) groups excluding carboxylic acids is 2. The van der Waals surface area contributed by atoms with Crippen LogP contribution in [-0.2, 0) is 20.9 Å². The number of nitro groups is 1. The monoisotopic (exact) mass is 525 g/mol. The van der Waals surface area contributed by atoms with Crippen molar-refractivity contribution in [3.8, 4) is 0 Å². The number of fused-ring (bicyclic) bond motifs is 1. The Morgan fingerprint density at radius 1 is 1.44 bits per heavy atom. The number of hydrogen-bond acceptors (Lipinski definition) is 11. The number of carbonyl (C=O) groups is 3. The lowest BCUT2D eigenvalue weighted by Crippen LogP contribution is -2.71. The Morgan fingerprint density at radius 2 is 2.21 bits per heavy atom. The van der Waals surface area contributed by atoms with E-state index in [1.165, 1.54) is 50.6 Å². The Bertz CT molecular complexity index is 1190. The summed E-state index contributed by atoms with van der Waals surface area (Å²) >= 11 is 4.17. The van der Waals surface area contributed by atoms with Crippen LogP contribution < -0.4 is 5.32 Å². The molecule has 1 saturated heterocycles. The molecular formula is C18H19N7O6S3. The van der Waals surface area contributed by atoms with Crippen molar-refractivity contribution in [1.29, 1.82) is 0 Å². The zero-order chi connectivity index (χ0) is 24.6. The van der Waals surface area contributed by atoms with Crippen molar-refractivity contribution < 1.29 is 24.4 Å². The lowest BCUT2D eigenvalue weighted by molar-refractivity contribution is -0.385. The zero-order valence-electron chi connectivity index (χ0n) is 17.9. The predicted molar refractivity (Wildman–Crippen MR) is 123 cm³/mol. The van der Waals surface area contributed by atoms with Crippen molar-refractivity contribution in [2.75, 3.05) is 11.5 Å². The first-order chi connectivity index (χ1) is 16.2. The molecule has 1 fully saturated rings. The van der Waals surface area contributed by atoms with Crippen LogP contribution in [-0.4, -0.2) is 75.6 Å². The van der Waals surface area contributed by atoms with E-state index in [0.29, 0.717) is 17.1 Å². The lowest BCUT2D eigenvalue weighted by atomic mass is 10.0. The molecule has 0 saturated carbocycles. The van der Waals surface area contributed by atoms with Crippen LogP contribution in [0.15, 0.2) is 28.0 Å². The van der Waals surface area contributed by atoms with Crippen molar-refractivity contribution in [3.63, 3.8) is 0 Å². The van der Waals surface area contributed by atoms with E-state index in [1.54, 1.807) is 6.92 Å². The molecule has 3 atom stereocenters. The summed E-state index contributed by atoms with van der Waals surface area (Å²) in [6, 6.07) is -0.846. The number of amides is 2. The number of aliphatic carboxylic acids is 1. The van der Waals surface area contributed by atoms with E-state index >= 15 is 0 Å². The number of carboxylic acid groups (broad SMARTS) is 1. The summed E-state index contributed by atoms with van der Waals surface area (Å²) < 4.78 is 2.01. The third-order valence-electron chi connectivity index (χ3n) is 5.16. The summed E-state index contributed by atoms with van der Waals surface area (Å²) in [7, 11) is 0. The van der Waals surface area contributed by atoms with Crippen molar-refractivity contribution in [1.82, 2.24) is 30.2 Å². The predicted octanol–water partition coefficient (Wildman–Crippen LogP) is 1.12. The number of nitrogens with one attached hydrogen (secondary N) is 1. The van der Waals surface area contributed by atoms with Gasteiger partial charge in [-0.2, -0.15) is 5.10 Å². The first-order valence-electron chi connectivity index (χ1n) is 9.95. The van der Waals surface area contributed by atoms with E-state index in [9.17, 15) is 29.6 Å². The highest BCUT2D eigenvalue weighted by Crippen LogP contribution is 2.41. The Kier molecular flexibility index (Phi) is 6.90. The van der Waals surface area contributed by atoms with Crippen molar-refractivity contribution in [2.45, 2.75) is 36.1 Å². The second-order valence-corrected chi connectivity index (χ2v) is 11.1. The molecule has 4 heterocycles. The smallest absolute Gasteiger partial charge is 0.352 e. The molecule has 0 aromatic carbocycles. The van der Waals surface area contributed by atoms with Crippen LogP contribution in [0.1, 0.15) is 11.9 Å². The second-order valence-electron chi connectivity index (χ2n) is 7.61. The number of hydrogen-bond donors (Lipinski definition) is 2. The number of β-lactam (4-membered cyclic amide) rings is 1. The molecule has 2 aliphatic heterocycles. The molecule has 0 spiro atoms. The molecule has 2 amide bonds. The van der Waals surface area contributed by atoms with Gasteiger partial charge in [-0.05, 0) is 12.5 Å². The van der Waals surface area contributed by atoms with Gasteiger partial charge in [-0.25, -0.2) is 4.79 Å². The fraction of sp³-hybridized carbons (Fsp3) is 0.444. The Hall–Kier alpha value is -2.98. The van der Waals surface area contributed by atoms with Crippen LogP contribution in [0.2, 0.25) is 0 Å². The maximum absolute atomic E-state index is 12.8. The normalized spacial score (nSPS) is 20.5. The highest BCUT2D eigenvalue weighted by molar-refractivity contribution is 8.01. The fourth-order valence-electron chi connectivity index (χ4n) is 3.49. The third-order valence-corrected chi connectivity index (χ3v) is 8.56. The molecular weight excluding hydrogens is 506 g/mol. The quantitative estimate of drug-likeness (QED) is 0.208. The summed E-state index contributed by atoms with van der Waals surface area (Å²) in [6.45, 7) is 3.54. The van der Waals surface area contributed by atoms with Crippen LogP contribution in [0, 0.1) is 23.0 Å². The maximum atomic E-state index is 12.8. The van der Waals surface area contributed by atoms with Gasteiger partial charge < -0.3 is 10.4 Å². The largest absolute Gasteiger partial charge is 0.477 e. The topological polar surface area (TPSA) is 173 Å². The van der Waals surface area contributed by atoms with Gasteiger partial charge in [0.2, 0.25) is 5.91 Å². The van der Waals surface area contributed by atoms with Crippen LogP contribution in [0.5, 0.6) is 0 Å². The fourth-order valence-corrected chi connectivity index (χ4v) is 6.79. The van der Waals surface area contributed by atoms with Gasteiger partial charge in [0.05, 0.1) is 17.4 Å². The van der Waals surface area contributed by atoms with Crippen molar-refractivity contribution >= 4 is 58.3 Å². The Morgan fingerprint density at radius 3 is 2.82 bits per heavy atom. The lowest BCUT2D eigenvalue weighted by Gasteiger charge is -2.49. The second kappa shape index (κ2) is 9.71. The van der Waals surface area contributed by atoms with Gasteiger partial charge in [-0.1, -0.05) is 30.0 Å². The van der Waals surface area contributed by atoms with Gasteiger partial charge in [0.1, 0.15) is 34.5 Å². The standard InChI is InChI=1S/C18H19N7O6S3/c1-8(4-23-5-11(3-19-23)25(30)31)14(26)20-12-15(27)24-13(17(28)29)10(6-32-16(12)24)7-33-18-22-21-9(2)34-18/h3,5,8,12,16H,4,6-7H2,1-2H3,(H,20,26)(H,28,29)/t8-,12+,16-/m0/s1. The molecule has 180 valence electrons. The molecule has 16 heteroatoms. The van der Waals surface area contributed by atoms with E-state index in [1.807, 2.05) is 6.92 Å². The van der Waals surface area contributed by atoms with Crippen LogP contribution in [0.4, 0.5) is 5.69 Å². The van der Waals surface area contributed by atoms with Gasteiger partial charge in [-0.3, -0.25) is 29.3 Å². The number of carboxylic acids is 1. The van der Waals surface area contributed by atoms with Crippen LogP contribution >= 0.6 is 34.9 Å². The van der Waals surface area contributed by atoms with Gasteiger partial charge in [0.25, 0.3) is 5.91 Å². The average molecular weight is 526 g/mol. The molecule has 34 heavy (non-hydrogen) atoms. The molecule has 0 radical (unpaired) electrons. The van der Waals surface area contributed by atoms with Crippen molar-refractivity contribution in [2.24, 2.45) is 5.92 Å². The molecule has 2 N–H and O–H groups in total. The van der Waals surface area contributed by atoms with Crippen LogP contribution in [0.25, 0.3) is 0 Å². The summed E-state index contributed by atoms with van der Waals surface area (Å²) in [6.07, 6.45) is 2.32. The molecule has 0 aliphatic carbocycles. The van der Waals surface area contributed by atoms with E-state index in [0.717, 1.165) is 15.5 Å². The highest BCUT2D eigenvalue weighted by Gasteiger charge is 2.54. The minimum atomic E-state index is -1.19. The molecule has 0 unspecified atom stereocenters. The van der Waals surface area contributed by atoms with Gasteiger partial charge in [-0.15, -0.1) is 22.0 Å². The summed E-state index contributed by atoms with van der Waals surface area (Å²) in [5.41, 5.74) is 0.377. The molecule has 2 aromatic heterocycles. The van der Waals surface area contributed by atoms with E-state index in [4.69, 9.17) is 0 Å².